The number of non-ortho nitro benzene ring substituents is 1. The summed E-state index contributed by atoms with van der Waals surface area (Å²) in [6, 6.07) is 12.0. The number of allylic oxidation sites excluding steroid dienone is 2. The standard InChI is InChI=1S/C19H16N2O3/c22-19(16-3-1-2-10-20-16)18-14-5-4-13(11-14)17(18)12-6-8-15(9-7-12)21(23)24/h1-10,13-14,17-18H,11H2/t13?,14?,17-,18-/m1/s1. The Bertz CT molecular complexity index is 814. The fraction of sp³-hybridized carbons (Fsp3) is 0.263. The van der Waals surface area contributed by atoms with Crippen LogP contribution < -0.4 is 0 Å². The lowest BCUT2D eigenvalue weighted by Crippen LogP contribution is -2.27. The highest BCUT2D eigenvalue weighted by Crippen LogP contribution is 2.53. The number of hydrogen-bond acceptors (Lipinski definition) is 4. The first-order valence-electron chi connectivity index (χ1n) is 8.03. The van der Waals surface area contributed by atoms with Gasteiger partial charge in [-0.3, -0.25) is 19.9 Å². The van der Waals surface area contributed by atoms with Gasteiger partial charge in [0.25, 0.3) is 5.69 Å². The fourth-order valence-electron chi connectivity index (χ4n) is 4.13. The number of aromatic nitrogens is 1. The second-order valence-corrected chi connectivity index (χ2v) is 6.43. The van der Waals surface area contributed by atoms with Crippen molar-refractivity contribution in [3.05, 3.63) is 82.2 Å². The lowest BCUT2D eigenvalue weighted by atomic mass is 9.75. The van der Waals surface area contributed by atoms with Crippen molar-refractivity contribution in [2.24, 2.45) is 17.8 Å². The Morgan fingerprint density at radius 2 is 1.83 bits per heavy atom. The molecule has 0 saturated heterocycles. The number of Topliss-reactive ketones (excluding diaryl/α,β-unsaturated/α-hetero) is 1. The maximum Gasteiger partial charge on any atom is 0.269 e. The first kappa shape index (κ1) is 14.8. The van der Waals surface area contributed by atoms with Gasteiger partial charge in [0.1, 0.15) is 5.69 Å². The minimum Gasteiger partial charge on any atom is -0.292 e. The zero-order valence-corrected chi connectivity index (χ0v) is 12.9. The van der Waals surface area contributed by atoms with E-state index in [9.17, 15) is 14.9 Å². The lowest BCUT2D eigenvalue weighted by Gasteiger charge is -2.27. The molecule has 0 aliphatic heterocycles. The summed E-state index contributed by atoms with van der Waals surface area (Å²) in [6.45, 7) is 0. The van der Waals surface area contributed by atoms with Gasteiger partial charge in [0.15, 0.2) is 5.78 Å². The summed E-state index contributed by atoms with van der Waals surface area (Å²) in [5, 5.41) is 10.9. The van der Waals surface area contributed by atoms with Gasteiger partial charge in [0, 0.05) is 30.2 Å². The molecule has 1 fully saturated rings. The van der Waals surface area contributed by atoms with Gasteiger partial charge in [-0.05, 0) is 36.0 Å². The molecular formula is C19H16N2O3. The van der Waals surface area contributed by atoms with E-state index in [1.54, 1.807) is 30.5 Å². The topological polar surface area (TPSA) is 73.1 Å². The molecule has 5 nitrogen and oxygen atoms in total. The smallest absolute Gasteiger partial charge is 0.269 e. The number of carbonyl (C=O) groups is 1. The molecule has 0 N–H and O–H groups in total. The Morgan fingerprint density at radius 3 is 2.50 bits per heavy atom. The Balaban J connectivity index is 1.69. The fourth-order valence-corrected chi connectivity index (χ4v) is 4.13. The van der Waals surface area contributed by atoms with Gasteiger partial charge in [-0.1, -0.05) is 30.4 Å². The average molecular weight is 320 g/mol. The highest BCUT2D eigenvalue weighted by Gasteiger charge is 2.48. The summed E-state index contributed by atoms with van der Waals surface area (Å²) in [5.74, 6) is 0.529. The molecule has 4 rings (SSSR count). The molecule has 1 aromatic carbocycles. The van der Waals surface area contributed by atoms with Crippen LogP contribution in [-0.2, 0) is 0 Å². The van der Waals surface area contributed by atoms with Crippen LogP contribution in [0.3, 0.4) is 0 Å². The van der Waals surface area contributed by atoms with Gasteiger partial charge in [0.05, 0.1) is 4.92 Å². The van der Waals surface area contributed by atoms with E-state index < -0.39 is 4.92 Å². The summed E-state index contributed by atoms with van der Waals surface area (Å²) in [4.78, 5) is 27.6. The highest BCUT2D eigenvalue weighted by atomic mass is 16.6. The molecule has 1 aromatic heterocycles. The Morgan fingerprint density at radius 1 is 1.08 bits per heavy atom. The third-order valence-electron chi connectivity index (χ3n) is 5.17. The number of nitro benzene ring substituents is 1. The Kier molecular flexibility index (Phi) is 3.49. The summed E-state index contributed by atoms with van der Waals surface area (Å²) in [5.41, 5.74) is 1.56. The van der Waals surface area contributed by atoms with Crippen LogP contribution in [0.1, 0.15) is 28.4 Å². The predicted octanol–water partition coefficient (Wildman–Crippen LogP) is 3.78. The molecule has 2 bridgehead atoms. The van der Waals surface area contributed by atoms with Crippen molar-refractivity contribution in [3.63, 3.8) is 0 Å². The van der Waals surface area contributed by atoms with Crippen LogP contribution in [0.25, 0.3) is 0 Å². The van der Waals surface area contributed by atoms with E-state index in [0.29, 0.717) is 11.6 Å². The molecule has 2 aliphatic rings. The van der Waals surface area contributed by atoms with Crippen molar-refractivity contribution in [1.82, 2.24) is 4.98 Å². The monoisotopic (exact) mass is 320 g/mol. The van der Waals surface area contributed by atoms with Crippen LogP contribution in [0.4, 0.5) is 5.69 Å². The molecule has 5 heteroatoms. The molecule has 0 amide bonds. The van der Waals surface area contributed by atoms with E-state index >= 15 is 0 Å². The predicted molar refractivity (Wildman–Crippen MR) is 88.6 cm³/mol. The zero-order valence-electron chi connectivity index (χ0n) is 12.9. The van der Waals surface area contributed by atoms with Gasteiger partial charge in [0.2, 0.25) is 0 Å². The molecule has 4 atom stereocenters. The minimum absolute atomic E-state index is 0.0651. The van der Waals surface area contributed by atoms with Crippen molar-refractivity contribution in [2.75, 3.05) is 0 Å². The number of ketones is 1. The summed E-state index contributed by atoms with van der Waals surface area (Å²) in [6.07, 6.45) is 6.92. The molecule has 120 valence electrons. The third kappa shape index (κ3) is 2.33. The van der Waals surface area contributed by atoms with Crippen molar-refractivity contribution >= 4 is 11.5 Å². The van der Waals surface area contributed by atoms with Crippen molar-refractivity contribution in [1.29, 1.82) is 0 Å². The van der Waals surface area contributed by atoms with Crippen molar-refractivity contribution < 1.29 is 9.72 Å². The lowest BCUT2D eigenvalue weighted by molar-refractivity contribution is -0.384. The summed E-state index contributed by atoms with van der Waals surface area (Å²) in [7, 11) is 0. The summed E-state index contributed by atoms with van der Waals surface area (Å²) < 4.78 is 0. The van der Waals surface area contributed by atoms with Crippen LogP contribution >= 0.6 is 0 Å². The molecule has 1 heterocycles. The van der Waals surface area contributed by atoms with E-state index in [2.05, 4.69) is 17.1 Å². The van der Waals surface area contributed by atoms with E-state index in [-0.39, 0.29) is 29.2 Å². The van der Waals surface area contributed by atoms with Gasteiger partial charge in [-0.25, -0.2) is 0 Å². The van der Waals surface area contributed by atoms with Crippen LogP contribution in [0.2, 0.25) is 0 Å². The van der Waals surface area contributed by atoms with E-state index in [1.807, 2.05) is 6.07 Å². The minimum atomic E-state index is -0.402. The van der Waals surface area contributed by atoms with Gasteiger partial charge in [-0.15, -0.1) is 0 Å². The van der Waals surface area contributed by atoms with Crippen LogP contribution in [-0.4, -0.2) is 15.7 Å². The van der Waals surface area contributed by atoms with Gasteiger partial charge in [-0.2, -0.15) is 0 Å². The van der Waals surface area contributed by atoms with Crippen molar-refractivity contribution in [3.8, 4) is 0 Å². The largest absolute Gasteiger partial charge is 0.292 e. The zero-order chi connectivity index (χ0) is 16.7. The quantitative estimate of drug-likeness (QED) is 0.372. The number of nitro groups is 1. The Labute approximate surface area is 139 Å². The molecule has 2 aliphatic carbocycles. The number of nitrogens with zero attached hydrogens (tertiary/aromatic N) is 2. The number of fused-ring (bicyclic) bond motifs is 2. The van der Waals surface area contributed by atoms with E-state index in [4.69, 9.17) is 0 Å². The normalized spacial score (nSPS) is 27.3. The molecule has 0 radical (unpaired) electrons. The second-order valence-electron chi connectivity index (χ2n) is 6.43. The molecule has 24 heavy (non-hydrogen) atoms. The first-order valence-corrected chi connectivity index (χ1v) is 8.03. The first-order chi connectivity index (χ1) is 11.6. The van der Waals surface area contributed by atoms with E-state index in [1.165, 1.54) is 12.1 Å². The molecule has 2 unspecified atom stereocenters. The van der Waals surface area contributed by atoms with Crippen molar-refractivity contribution in [2.45, 2.75) is 12.3 Å². The highest BCUT2D eigenvalue weighted by molar-refractivity contribution is 5.97. The van der Waals surface area contributed by atoms with Crippen LogP contribution in [0, 0.1) is 27.9 Å². The number of carbonyl (C=O) groups excluding carboxylic acids is 1. The average Bonchev–Trinajstić information content (AvgIpc) is 3.23. The van der Waals surface area contributed by atoms with E-state index in [0.717, 1.165) is 12.0 Å². The third-order valence-corrected chi connectivity index (χ3v) is 5.17. The number of benzene rings is 1. The number of pyridine rings is 1. The number of rotatable bonds is 4. The van der Waals surface area contributed by atoms with Crippen LogP contribution in [0.5, 0.6) is 0 Å². The maximum absolute atomic E-state index is 13.0. The second kappa shape index (κ2) is 5.67. The number of hydrogen-bond donors (Lipinski definition) is 0. The molecule has 2 aromatic rings. The van der Waals surface area contributed by atoms with Gasteiger partial charge >= 0.3 is 0 Å². The summed E-state index contributed by atoms with van der Waals surface area (Å²) >= 11 is 0. The molecule has 1 saturated carbocycles. The maximum atomic E-state index is 13.0. The van der Waals surface area contributed by atoms with Gasteiger partial charge < -0.3 is 0 Å². The molecular weight excluding hydrogens is 304 g/mol. The Hall–Kier alpha value is -2.82. The van der Waals surface area contributed by atoms with Crippen LogP contribution in [0.15, 0.2) is 60.8 Å². The molecule has 0 spiro atoms. The SMILES string of the molecule is O=C(c1ccccn1)[C@@H]1C2C=CC(C2)[C@H]1c1ccc([N+](=O)[O-])cc1.